The summed E-state index contributed by atoms with van der Waals surface area (Å²) in [4.78, 5) is 20.3. The van der Waals surface area contributed by atoms with E-state index in [4.69, 9.17) is 9.47 Å². The Morgan fingerprint density at radius 1 is 1.12 bits per heavy atom. The third-order valence-electron chi connectivity index (χ3n) is 5.70. The van der Waals surface area contributed by atoms with Crippen LogP contribution in [0.2, 0.25) is 0 Å². The van der Waals surface area contributed by atoms with Gasteiger partial charge in [0.05, 0.1) is 36.4 Å². The number of esters is 1. The Hall–Kier alpha value is -4.05. The van der Waals surface area contributed by atoms with Crippen LogP contribution in [0.3, 0.4) is 0 Å². The van der Waals surface area contributed by atoms with E-state index in [2.05, 4.69) is 16.0 Å². The van der Waals surface area contributed by atoms with Crippen LogP contribution in [0.15, 0.2) is 42.5 Å². The average molecular weight is 443 g/mol. The van der Waals surface area contributed by atoms with E-state index < -0.39 is 0 Å². The minimum Gasteiger partial charge on any atom is -0.465 e. The number of ether oxygens (including phenoxy) is 2. The van der Waals surface area contributed by atoms with Crippen LogP contribution in [0.5, 0.6) is 6.01 Å². The highest BCUT2D eigenvalue weighted by Gasteiger charge is 2.20. The molecule has 0 radical (unpaired) electrons. The average Bonchev–Trinajstić information content (AvgIpc) is 3.31. The number of fused-ring (bicyclic) bond motifs is 1. The fourth-order valence-corrected chi connectivity index (χ4v) is 4.05. The van der Waals surface area contributed by atoms with Crippen LogP contribution < -0.4 is 4.74 Å². The Kier molecular flexibility index (Phi) is 6.18. The molecule has 0 spiro atoms. The molecule has 0 unspecified atom stereocenters. The van der Waals surface area contributed by atoms with Gasteiger partial charge in [0.15, 0.2) is 0 Å². The summed E-state index contributed by atoms with van der Waals surface area (Å²) in [5.74, 6) is -0.384. The van der Waals surface area contributed by atoms with Crippen LogP contribution >= 0.6 is 0 Å². The van der Waals surface area contributed by atoms with Gasteiger partial charge in [-0.3, -0.25) is 4.57 Å². The quantitative estimate of drug-likeness (QED) is 0.400. The van der Waals surface area contributed by atoms with Gasteiger partial charge in [0, 0.05) is 11.3 Å². The number of nitriles is 1. The van der Waals surface area contributed by atoms with E-state index in [0.717, 1.165) is 27.9 Å². The second-order valence-electron chi connectivity index (χ2n) is 7.74. The number of rotatable bonds is 7. The zero-order valence-electron chi connectivity index (χ0n) is 19.2. The minimum atomic E-state index is -0.384. The van der Waals surface area contributed by atoms with Crippen molar-refractivity contribution in [1.82, 2.24) is 14.5 Å². The number of benzene rings is 2. The van der Waals surface area contributed by atoms with Crippen LogP contribution in [0.4, 0.5) is 0 Å². The molecule has 0 aliphatic carbocycles. The molecular weight excluding hydrogens is 416 g/mol. The fraction of sp³-hybridized carbons (Fsp3) is 0.269. The molecule has 2 aromatic carbocycles. The fourth-order valence-electron chi connectivity index (χ4n) is 4.05. The van der Waals surface area contributed by atoms with Crippen molar-refractivity contribution in [3.63, 3.8) is 0 Å². The molecule has 0 bridgehead atoms. The highest BCUT2D eigenvalue weighted by molar-refractivity contribution is 6.02. The summed E-state index contributed by atoms with van der Waals surface area (Å²) in [5.41, 5.74) is 7.36. The lowest BCUT2D eigenvalue weighted by molar-refractivity contribution is 0.0528. The lowest BCUT2D eigenvalue weighted by Gasteiger charge is -2.12. The van der Waals surface area contributed by atoms with Gasteiger partial charge in [0.2, 0.25) is 0 Å². The van der Waals surface area contributed by atoms with Crippen LogP contribution in [0, 0.1) is 25.2 Å². The van der Waals surface area contributed by atoms with Crippen LogP contribution in [-0.4, -0.2) is 33.7 Å². The first-order chi connectivity index (χ1) is 16.0. The zero-order valence-corrected chi connectivity index (χ0v) is 19.2. The van der Waals surface area contributed by atoms with Gasteiger partial charge in [-0.2, -0.15) is 10.2 Å². The third-order valence-corrected chi connectivity index (χ3v) is 5.70. The minimum absolute atomic E-state index is 0.297. The van der Waals surface area contributed by atoms with Gasteiger partial charge in [-0.1, -0.05) is 30.3 Å². The number of carbonyl (C=O) groups is 1. The maximum atomic E-state index is 12.6. The third kappa shape index (κ3) is 4.08. The summed E-state index contributed by atoms with van der Waals surface area (Å²) in [7, 11) is 0. The molecule has 2 heterocycles. The zero-order chi connectivity index (χ0) is 23.5. The molecule has 0 amide bonds. The number of H-pyrrole nitrogens is 1. The van der Waals surface area contributed by atoms with Crippen LogP contribution in [0.1, 0.15) is 46.7 Å². The maximum absolute atomic E-state index is 12.6. The number of aryl methyl sites for hydroxylation is 1. The first-order valence-corrected chi connectivity index (χ1v) is 11.0. The Morgan fingerprint density at radius 2 is 1.88 bits per heavy atom. The molecule has 0 fully saturated rings. The van der Waals surface area contributed by atoms with Crippen molar-refractivity contribution < 1.29 is 14.3 Å². The Bertz CT molecular complexity index is 1360. The smallest absolute Gasteiger partial charge is 0.340 e. The Balaban J connectivity index is 1.75. The van der Waals surface area contributed by atoms with E-state index in [9.17, 15) is 10.1 Å². The summed E-state index contributed by atoms with van der Waals surface area (Å²) in [6.45, 7) is 8.89. The van der Waals surface area contributed by atoms with E-state index in [1.165, 1.54) is 0 Å². The van der Waals surface area contributed by atoms with Gasteiger partial charge < -0.3 is 14.5 Å². The number of hydrogen-bond acceptors (Lipinski definition) is 5. The highest BCUT2D eigenvalue weighted by atomic mass is 16.5. The molecule has 0 saturated heterocycles. The monoisotopic (exact) mass is 442 g/mol. The highest BCUT2D eigenvalue weighted by Crippen LogP contribution is 2.31. The number of imidazole rings is 1. The predicted molar refractivity (Wildman–Crippen MR) is 126 cm³/mol. The van der Waals surface area contributed by atoms with Gasteiger partial charge in [0.25, 0.3) is 6.01 Å². The predicted octanol–water partition coefficient (Wildman–Crippen LogP) is 5.14. The topological polar surface area (TPSA) is 92.9 Å². The van der Waals surface area contributed by atoms with Crippen molar-refractivity contribution in [1.29, 1.82) is 5.26 Å². The molecule has 1 N–H and O–H groups in total. The summed E-state index contributed by atoms with van der Waals surface area (Å²) in [6.07, 6.45) is 0. The van der Waals surface area contributed by atoms with Crippen molar-refractivity contribution in [2.75, 3.05) is 13.2 Å². The molecule has 4 aromatic rings. The molecule has 33 heavy (non-hydrogen) atoms. The Labute approximate surface area is 192 Å². The number of nitrogens with one attached hydrogen (secondary N) is 1. The summed E-state index contributed by atoms with van der Waals surface area (Å²) in [6, 6.07) is 16.2. The summed E-state index contributed by atoms with van der Waals surface area (Å²) >= 11 is 0. The van der Waals surface area contributed by atoms with E-state index >= 15 is 0 Å². The molecule has 7 nitrogen and oxygen atoms in total. The number of para-hydroxylation sites is 1. The summed E-state index contributed by atoms with van der Waals surface area (Å²) < 4.78 is 13.0. The first kappa shape index (κ1) is 22.2. The molecule has 0 atom stereocenters. The lowest BCUT2D eigenvalue weighted by atomic mass is 10.00. The SMILES string of the molecule is CCOC(=O)c1cccc2nc(OCC)n(Cc3ccc(-c4c(C#N)[nH]c(C)c4C)cc3)c12. The Morgan fingerprint density at radius 3 is 2.55 bits per heavy atom. The van der Waals surface area contributed by atoms with E-state index in [-0.39, 0.29) is 5.97 Å². The van der Waals surface area contributed by atoms with Gasteiger partial charge in [-0.25, -0.2) is 4.79 Å². The maximum Gasteiger partial charge on any atom is 0.340 e. The number of nitrogens with zero attached hydrogens (tertiary/aromatic N) is 3. The van der Waals surface area contributed by atoms with E-state index in [0.29, 0.717) is 48.1 Å². The van der Waals surface area contributed by atoms with Crippen molar-refractivity contribution in [2.24, 2.45) is 0 Å². The van der Waals surface area contributed by atoms with Crippen molar-refractivity contribution >= 4 is 17.0 Å². The normalized spacial score (nSPS) is 10.9. The molecule has 0 aliphatic rings. The lowest BCUT2D eigenvalue weighted by Crippen LogP contribution is -2.10. The largest absolute Gasteiger partial charge is 0.465 e. The second kappa shape index (κ2) is 9.21. The standard InChI is InChI=1S/C26H26N4O3/c1-5-32-25(31)20-8-7-9-21-24(20)30(26(29-21)33-6-2)15-18-10-12-19(13-11-18)23-16(3)17(4)28-22(23)14-27/h7-13,28H,5-6,15H2,1-4H3. The van der Waals surface area contributed by atoms with E-state index in [1.807, 2.05) is 55.7 Å². The first-order valence-electron chi connectivity index (χ1n) is 11.0. The van der Waals surface area contributed by atoms with Crippen molar-refractivity contribution in [3.05, 3.63) is 70.5 Å². The van der Waals surface area contributed by atoms with Gasteiger partial charge >= 0.3 is 5.97 Å². The van der Waals surface area contributed by atoms with Crippen molar-refractivity contribution in [3.8, 4) is 23.2 Å². The molecular formula is C26H26N4O3. The summed E-state index contributed by atoms with van der Waals surface area (Å²) in [5, 5.41) is 9.49. The molecule has 0 saturated carbocycles. The molecule has 168 valence electrons. The molecule has 4 rings (SSSR count). The molecule has 0 aliphatic heterocycles. The molecule has 2 aromatic heterocycles. The number of aromatic nitrogens is 3. The van der Waals surface area contributed by atoms with Gasteiger partial charge in [0.1, 0.15) is 11.8 Å². The van der Waals surface area contributed by atoms with Gasteiger partial charge in [-0.05, 0) is 56.5 Å². The van der Waals surface area contributed by atoms with Crippen molar-refractivity contribution in [2.45, 2.75) is 34.2 Å². The van der Waals surface area contributed by atoms with Crippen LogP contribution in [-0.2, 0) is 11.3 Å². The number of hydrogen-bond donors (Lipinski definition) is 1. The van der Waals surface area contributed by atoms with Crippen LogP contribution in [0.25, 0.3) is 22.2 Å². The number of aromatic amines is 1. The second-order valence-corrected chi connectivity index (χ2v) is 7.74. The van der Waals surface area contributed by atoms with E-state index in [1.54, 1.807) is 19.1 Å². The number of carbonyl (C=O) groups excluding carboxylic acids is 1. The molecule has 7 heteroatoms. The van der Waals surface area contributed by atoms with Gasteiger partial charge in [-0.15, -0.1) is 0 Å².